The van der Waals surface area contributed by atoms with Crippen LogP contribution in [0.2, 0.25) is 0 Å². The van der Waals surface area contributed by atoms with Crippen molar-refractivity contribution in [2.45, 2.75) is 11.8 Å². The Morgan fingerprint density at radius 1 is 1.26 bits per heavy atom. The van der Waals surface area contributed by atoms with E-state index in [1.165, 1.54) is 12.1 Å². The van der Waals surface area contributed by atoms with Gasteiger partial charge in [-0.2, -0.15) is 4.68 Å². The fraction of sp³-hybridized carbons (Fsp3) is 0.250. The van der Waals surface area contributed by atoms with Crippen molar-refractivity contribution in [2.24, 2.45) is 14.1 Å². The Balaban J connectivity index is 2.59. The fourth-order valence-electron chi connectivity index (χ4n) is 2.04. The molecule has 1 aromatic carbocycles. The standard InChI is InChI=1S/C12H15N3O3S/c1-8-11(12(13)15(3)14(8)2)9-4-6-10(7-5-9)19(16,17)18/h4-7,13H,1-3H3,(H,16,17,18). The second kappa shape index (κ2) is 4.36. The summed E-state index contributed by atoms with van der Waals surface area (Å²) in [6.07, 6.45) is 0. The van der Waals surface area contributed by atoms with Gasteiger partial charge in [0.25, 0.3) is 0 Å². The van der Waals surface area contributed by atoms with E-state index in [4.69, 9.17) is 5.73 Å². The van der Waals surface area contributed by atoms with Crippen LogP contribution in [0.25, 0.3) is 11.1 Å². The van der Waals surface area contributed by atoms with Crippen LogP contribution in [-0.2, 0) is 24.2 Å². The molecule has 0 aliphatic rings. The van der Waals surface area contributed by atoms with Gasteiger partial charge in [0.2, 0.25) is 0 Å². The minimum Gasteiger partial charge on any atom is -0.744 e. The molecule has 6 nitrogen and oxygen atoms in total. The van der Waals surface area contributed by atoms with E-state index in [-0.39, 0.29) is 4.90 Å². The highest BCUT2D eigenvalue weighted by molar-refractivity contribution is 7.85. The van der Waals surface area contributed by atoms with Gasteiger partial charge in [0.15, 0.2) is 0 Å². The van der Waals surface area contributed by atoms with E-state index in [9.17, 15) is 13.0 Å². The number of hydrogen-bond acceptors (Lipinski definition) is 4. The third-order valence-electron chi connectivity index (χ3n) is 3.33. The summed E-state index contributed by atoms with van der Waals surface area (Å²) in [5, 5.41) is 0. The lowest BCUT2D eigenvalue weighted by molar-refractivity contribution is -0.738. The maximum Gasteiger partial charge on any atom is 0.300 e. The second-order valence-electron chi connectivity index (χ2n) is 4.37. The van der Waals surface area contributed by atoms with Gasteiger partial charge in [-0.15, -0.1) is 0 Å². The third kappa shape index (κ3) is 2.22. The summed E-state index contributed by atoms with van der Waals surface area (Å²) in [6, 6.07) is 5.76. The van der Waals surface area contributed by atoms with E-state index in [0.717, 1.165) is 16.8 Å². The Bertz CT molecular complexity index is 705. The molecule has 0 fully saturated rings. The molecule has 2 N–H and O–H groups in total. The van der Waals surface area contributed by atoms with Crippen LogP contribution >= 0.6 is 0 Å². The topological polar surface area (TPSA) is 92.0 Å². The van der Waals surface area contributed by atoms with Gasteiger partial charge >= 0.3 is 5.82 Å². The van der Waals surface area contributed by atoms with E-state index in [2.05, 4.69) is 0 Å². The molecule has 19 heavy (non-hydrogen) atoms. The zero-order chi connectivity index (χ0) is 14.4. The van der Waals surface area contributed by atoms with Crippen molar-refractivity contribution < 1.29 is 17.7 Å². The van der Waals surface area contributed by atoms with Crippen LogP contribution in [0, 0.1) is 6.92 Å². The van der Waals surface area contributed by atoms with E-state index in [0.29, 0.717) is 5.82 Å². The normalized spacial score (nSPS) is 11.8. The van der Waals surface area contributed by atoms with Gasteiger partial charge in [-0.1, -0.05) is 12.1 Å². The minimum atomic E-state index is -4.42. The summed E-state index contributed by atoms with van der Waals surface area (Å²) in [4.78, 5) is -0.243. The van der Waals surface area contributed by atoms with E-state index in [1.54, 1.807) is 16.8 Å². The summed E-state index contributed by atoms with van der Waals surface area (Å²) in [6.45, 7) is 1.92. The van der Waals surface area contributed by atoms with Crippen LogP contribution in [0.3, 0.4) is 0 Å². The molecule has 0 aliphatic heterocycles. The maximum atomic E-state index is 10.9. The minimum absolute atomic E-state index is 0.243. The number of hydrogen-bond donors (Lipinski definition) is 1. The molecule has 0 radical (unpaired) electrons. The molecule has 0 spiro atoms. The van der Waals surface area contributed by atoms with Gasteiger partial charge in [-0.25, -0.2) is 13.1 Å². The molecular weight excluding hydrogens is 266 g/mol. The molecule has 0 unspecified atom stereocenters. The number of rotatable bonds is 2. The summed E-state index contributed by atoms with van der Waals surface area (Å²) in [5.41, 5.74) is 8.59. The molecule has 1 aromatic heterocycles. The molecule has 2 aromatic rings. The Morgan fingerprint density at radius 3 is 2.16 bits per heavy atom. The number of nitrogens with two attached hydrogens (primary N) is 1. The molecule has 2 rings (SSSR count). The largest absolute Gasteiger partial charge is 0.744 e. The lowest BCUT2D eigenvalue weighted by atomic mass is 10.1. The first-order valence-electron chi connectivity index (χ1n) is 5.61. The Morgan fingerprint density at radius 2 is 1.79 bits per heavy atom. The molecule has 7 heteroatoms. The third-order valence-corrected chi connectivity index (χ3v) is 4.18. The highest BCUT2D eigenvalue weighted by Gasteiger charge is 2.20. The predicted molar refractivity (Wildman–Crippen MR) is 69.1 cm³/mol. The average molecular weight is 281 g/mol. The van der Waals surface area contributed by atoms with Crippen molar-refractivity contribution in [3.05, 3.63) is 30.0 Å². The Labute approximate surface area is 111 Å². The van der Waals surface area contributed by atoms with Gasteiger partial charge in [-0.05, 0) is 24.6 Å². The quantitative estimate of drug-likeness (QED) is 0.633. The van der Waals surface area contributed by atoms with Crippen molar-refractivity contribution in [2.75, 3.05) is 5.73 Å². The molecule has 1 heterocycles. The Kier molecular flexibility index (Phi) is 3.11. The summed E-state index contributed by atoms with van der Waals surface area (Å²) in [5.74, 6) is 0.581. The summed E-state index contributed by atoms with van der Waals surface area (Å²) < 4.78 is 36.3. The van der Waals surface area contributed by atoms with E-state index in [1.807, 2.05) is 25.7 Å². The van der Waals surface area contributed by atoms with Crippen molar-refractivity contribution in [3.63, 3.8) is 0 Å². The average Bonchev–Trinajstić information content (AvgIpc) is 2.53. The monoisotopic (exact) mass is 281 g/mol. The highest BCUT2D eigenvalue weighted by Crippen LogP contribution is 2.28. The first-order valence-corrected chi connectivity index (χ1v) is 7.01. The van der Waals surface area contributed by atoms with E-state index < -0.39 is 10.1 Å². The van der Waals surface area contributed by atoms with Gasteiger partial charge in [0.05, 0.1) is 16.2 Å². The molecule has 0 amide bonds. The van der Waals surface area contributed by atoms with Crippen LogP contribution in [-0.4, -0.2) is 17.7 Å². The van der Waals surface area contributed by atoms with Crippen LogP contribution in [0.5, 0.6) is 0 Å². The van der Waals surface area contributed by atoms with Crippen molar-refractivity contribution in [1.29, 1.82) is 0 Å². The molecule has 0 aliphatic carbocycles. The highest BCUT2D eigenvalue weighted by atomic mass is 32.2. The van der Waals surface area contributed by atoms with Crippen LogP contribution in [0.15, 0.2) is 29.2 Å². The molecule has 0 saturated heterocycles. The number of nitrogens with zero attached hydrogens (tertiary/aromatic N) is 2. The molecule has 0 bridgehead atoms. The van der Waals surface area contributed by atoms with E-state index >= 15 is 0 Å². The maximum absolute atomic E-state index is 10.9. The molecule has 0 saturated carbocycles. The second-order valence-corrected chi connectivity index (χ2v) is 5.75. The molecule has 102 valence electrons. The lowest BCUT2D eigenvalue weighted by Gasteiger charge is -2.07. The number of nitrogen functional groups attached to an aromatic ring is 1. The number of anilines is 1. The number of benzene rings is 1. The van der Waals surface area contributed by atoms with Crippen LogP contribution < -0.4 is 10.4 Å². The van der Waals surface area contributed by atoms with Crippen molar-refractivity contribution in [3.8, 4) is 11.1 Å². The molecule has 0 atom stereocenters. The first-order chi connectivity index (χ1) is 8.73. The lowest BCUT2D eigenvalue weighted by Crippen LogP contribution is -2.39. The Hall–Kier alpha value is -1.86. The number of aromatic nitrogens is 2. The van der Waals surface area contributed by atoms with Gasteiger partial charge in [0.1, 0.15) is 17.2 Å². The van der Waals surface area contributed by atoms with Crippen LogP contribution in [0.4, 0.5) is 5.82 Å². The van der Waals surface area contributed by atoms with Crippen molar-refractivity contribution >= 4 is 15.9 Å². The van der Waals surface area contributed by atoms with Gasteiger partial charge in [0, 0.05) is 7.05 Å². The SMILES string of the molecule is Cc1c(-c2ccc(S(=O)(=O)[O-])cc2)c(N)[n+](C)n1C. The first kappa shape index (κ1) is 13.6. The predicted octanol–water partition coefficient (Wildman–Crippen LogP) is 0.311. The smallest absolute Gasteiger partial charge is 0.300 e. The van der Waals surface area contributed by atoms with Gasteiger partial charge in [-0.3, -0.25) is 5.73 Å². The fourth-order valence-corrected chi connectivity index (χ4v) is 2.51. The summed E-state index contributed by atoms with van der Waals surface area (Å²) >= 11 is 0. The molecular formula is C12H15N3O3S. The zero-order valence-corrected chi connectivity index (χ0v) is 11.7. The van der Waals surface area contributed by atoms with Crippen LogP contribution in [0.1, 0.15) is 5.69 Å². The van der Waals surface area contributed by atoms with Gasteiger partial charge < -0.3 is 4.55 Å². The zero-order valence-electron chi connectivity index (χ0n) is 10.9. The van der Waals surface area contributed by atoms with Crippen molar-refractivity contribution in [1.82, 2.24) is 4.68 Å². The summed E-state index contributed by atoms with van der Waals surface area (Å²) in [7, 11) is -0.700.